The van der Waals surface area contributed by atoms with Gasteiger partial charge in [-0.1, -0.05) is 18.2 Å². The van der Waals surface area contributed by atoms with E-state index in [4.69, 9.17) is 10.5 Å². The van der Waals surface area contributed by atoms with E-state index in [1.807, 2.05) is 25.1 Å². The highest BCUT2D eigenvalue weighted by Gasteiger charge is 2.44. The summed E-state index contributed by atoms with van der Waals surface area (Å²) in [6.07, 6.45) is -0.0148. The molecule has 32 heavy (non-hydrogen) atoms. The number of para-hydroxylation sites is 1. The second kappa shape index (κ2) is 7.76. The van der Waals surface area contributed by atoms with Crippen LogP contribution in [0, 0.1) is 6.92 Å². The highest BCUT2D eigenvalue weighted by molar-refractivity contribution is 5.86. The number of hydrogen-bond acceptors (Lipinski definition) is 6. The molecule has 0 radical (unpaired) electrons. The maximum Gasteiger partial charge on any atom is 0.586 e. The van der Waals surface area contributed by atoms with E-state index in [1.54, 1.807) is 24.5 Å². The molecule has 2 aromatic heterocycles. The summed E-state index contributed by atoms with van der Waals surface area (Å²) < 4.78 is 41.7. The molecule has 4 aromatic rings. The number of nitrogens with zero attached hydrogens (tertiary/aromatic N) is 2. The molecule has 3 N–H and O–H groups in total. The van der Waals surface area contributed by atoms with Gasteiger partial charge in [0.15, 0.2) is 11.5 Å². The zero-order valence-corrected chi connectivity index (χ0v) is 17.1. The second-order valence-corrected chi connectivity index (χ2v) is 7.68. The maximum atomic E-state index is 13.4. The molecule has 0 saturated heterocycles. The first kappa shape index (κ1) is 20.2. The Balaban J connectivity index is 1.27. The number of pyridine rings is 1. The highest BCUT2D eigenvalue weighted by atomic mass is 19.3. The van der Waals surface area contributed by atoms with E-state index in [-0.39, 0.29) is 24.5 Å². The van der Waals surface area contributed by atoms with Crippen molar-refractivity contribution >= 4 is 10.9 Å². The summed E-state index contributed by atoms with van der Waals surface area (Å²) in [5.74, 6) is 0.579. The maximum absolute atomic E-state index is 13.4. The predicted octanol–water partition coefficient (Wildman–Crippen LogP) is 4.20. The number of alkyl halides is 2. The van der Waals surface area contributed by atoms with Crippen LogP contribution in [0.25, 0.3) is 22.0 Å². The summed E-state index contributed by atoms with van der Waals surface area (Å²) in [5.41, 5.74) is 10.5. The van der Waals surface area contributed by atoms with Gasteiger partial charge in [-0.2, -0.15) is 5.10 Å². The SMILES string of the molecule is Cc1[nH]nc2ccc(-c3cncc(OC[C@@H](N)Cc4cccc5c4OC(F)(F)O5)c3)cc12. The third kappa shape index (κ3) is 3.94. The van der Waals surface area contributed by atoms with Crippen LogP contribution in [0.3, 0.4) is 0 Å². The normalized spacial score (nSPS) is 15.1. The van der Waals surface area contributed by atoms with Gasteiger partial charge in [0, 0.05) is 34.4 Å². The Morgan fingerprint density at radius 1 is 1.12 bits per heavy atom. The van der Waals surface area contributed by atoms with E-state index >= 15 is 0 Å². The van der Waals surface area contributed by atoms with Crippen LogP contribution in [-0.2, 0) is 6.42 Å². The van der Waals surface area contributed by atoms with Crippen molar-refractivity contribution in [2.24, 2.45) is 5.73 Å². The van der Waals surface area contributed by atoms with Gasteiger partial charge in [0.1, 0.15) is 12.4 Å². The van der Waals surface area contributed by atoms with Crippen LogP contribution in [0.2, 0.25) is 0 Å². The first-order chi connectivity index (χ1) is 15.4. The number of nitrogens with two attached hydrogens (primary N) is 1. The lowest BCUT2D eigenvalue weighted by atomic mass is 10.0. The summed E-state index contributed by atoms with van der Waals surface area (Å²) in [6.45, 7) is 2.14. The number of ether oxygens (including phenoxy) is 3. The number of nitrogens with one attached hydrogen (secondary N) is 1. The van der Waals surface area contributed by atoms with Gasteiger partial charge in [-0.05, 0) is 43.2 Å². The molecule has 1 atom stereocenters. The summed E-state index contributed by atoms with van der Waals surface area (Å²) in [5, 5.41) is 8.27. The lowest BCUT2D eigenvalue weighted by Crippen LogP contribution is -2.30. The third-order valence-corrected chi connectivity index (χ3v) is 5.25. The Bertz CT molecular complexity index is 1290. The minimum Gasteiger partial charge on any atom is -0.490 e. The monoisotopic (exact) mass is 438 g/mol. The fourth-order valence-corrected chi connectivity index (χ4v) is 3.70. The quantitative estimate of drug-likeness (QED) is 0.468. The molecule has 0 spiro atoms. The van der Waals surface area contributed by atoms with Crippen LogP contribution in [0.4, 0.5) is 8.78 Å². The van der Waals surface area contributed by atoms with Gasteiger partial charge in [0.25, 0.3) is 0 Å². The van der Waals surface area contributed by atoms with Crippen molar-refractivity contribution in [2.75, 3.05) is 6.61 Å². The number of H-pyrrole nitrogens is 1. The Kier molecular flexibility index (Phi) is 4.90. The van der Waals surface area contributed by atoms with Gasteiger partial charge in [0.05, 0.1) is 11.7 Å². The Hall–Kier alpha value is -3.72. The van der Waals surface area contributed by atoms with Crippen LogP contribution < -0.4 is 19.9 Å². The molecule has 0 bridgehead atoms. The molecule has 164 valence electrons. The van der Waals surface area contributed by atoms with Crippen molar-refractivity contribution in [3.63, 3.8) is 0 Å². The van der Waals surface area contributed by atoms with Crippen molar-refractivity contribution in [1.29, 1.82) is 0 Å². The average Bonchev–Trinajstić information content (AvgIpc) is 3.31. The number of benzene rings is 2. The van der Waals surface area contributed by atoms with E-state index in [2.05, 4.69) is 30.7 Å². The van der Waals surface area contributed by atoms with Crippen LogP contribution in [0.1, 0.15) is 11.3 Å². The predicted molar refractivity (Wildman–Crippen MR) is 114 cm³/mol. The van der Waals surface area contributed by atoms with Gasteiger partial charge in [-0.3, -0.25) is 10.1 Å². The average molecular weight is 438 g/mol. The van der Waals surface area contributed by atoms with Gasteiger partial charge in [-0.15, -0.1) is 8.78 Å². The first-order valence-electron chi connectivity index (χ1n) is 10.0. The Morgan fingerprint density at radius 2 is 2.00 bits per heavy atom. The summed E-state index contributed by atoms with van der Waals surface area (Å²) in [7, 11) is 0. The molecule has 0 amide bonds. The zero-order chi connectivity index (χ0) is 22.3. The summed E-state index contributed by atoms with van der Waals surface area (Å²) in [6, 6.07) is 12.1. The van der Waals surface area contributed by atoms with Crippen LogP contribution >= 0.6 is 0 Å². The van der Waals surface area contributed by atoms with E-state index in [0.29, 0.717) is 11.3 Å². The molecule has 7 nitrogen and oxygen atoms in total. The number of aromatic nitrogens is 3. The van der Waals surface area contributed by atoms with Crippen molar-refractivity contribution < 1.29 is 23.0 Å². The number of aryl methyl sites for hydroxylation is 1. The second-order valence-electron chi connectivity index (χ2n) is 7.68. The summed E-state index contributed by atoms with van der Waals surface area (Å²) >= 11 is 0. The fourth-order valence-electron chi connectivity index (χ4n) is 3.70. The van der Waals surface area contributed by atoms with Crippen molar-refractivity contribution in [2.45, 2.75) is 25.7 Å². The van der Waals surface area contributed by atoms with E-state index in [1.165, 1.54) is 6.07 Å². The smallest absolute Gasteiger partial charge is 0.490 e. The minimum absolute atomic E-state index is 0.00217. The molecule has 5 rings (SSSR count). The molecule has 0 aliphatic carbocycles. The number of aromatic amines is 1. The van der Waals surface area contributed by atoms with Crippen molar-refractivity contribution in [1.82, 2.24) is 15.2 Å². The molecular formula is C23H20F2N4O3. The Morgan fingerprint density at radius 3 is 2.88 bits per heavy atom. The lowest BCUT2D eigenvalue weighted by Gasteiger charge is -2.15. The van der Waals surface area contributed by atoms with E-state index in [9.17, 15) is 8.78 Å². The fraction of sp³-hybridized carbons (Fsp3) is 0.217. The lowest BCUT2D eigenvalue weighted by molar-refractivity contribution is -0.286. The molecule has 0 unspecified atom stereocenters. The van der Waals surface area contributed by atoms with E-state index in [0.717, 1.165) is 27.7 Å². The third-order valence-electron chi connectivity index (χ3n) is 5.25. The Labute approximate surface area is 182 Å². The topological polar surface area (TPSA) is 95.3 Å². The minimum atomic E-state index is -3.66. The van der Waals surface area contributed by atoms with Crippen LogP contribution in [0.15, 0.2) is 54.9 Å². The van der Waals surface area contributed by atoms with Crippen LogP contribution in [0.5, 0.6) is 17.2 Å². The van der Waals surface area contributed by atoms with Gasteiger partial charge in [-0.25, -0.2) is 0 Å². The first-order valence-corrected chi connectivity index (χ1v) is 10.0. The molecule has 0 saturated carbocycles. The number of hydrogen-bond donors (Lipinski definition) is 2. The highest BCUT2D eigenvalue weighted by Crippen LogP contribution is 2.43. The van der Waals surface area contributed by atoms with Gasteiger partial charge < -0.3 is 19.9 Å². The molecular weight excluding hydrogens is 418 g/mol. The number of halogens is 2. The van der Waals surface area contributed by atoms with Crippen LogP contribution in [-0.4, -0.2) is 34.1 Å². The molecule has 0 fully saturated rings. The largest absolute Gasteiger partial charge is 0.586 e. The zero-order valence-electron chi connectivity index (χ0n) is 17.1. The number of rotatable bonds is 6. The van der Waals surface area contributed by atoms with Gasteiger partial charge >= 0.3 is 6.29 Å². The van der Waals surface area contributed by atoms with Gasteiger partial charge in [0.2, 0.25) is 0 Å². The standard InChI is InChI=1S/C23H20F2N4O3/c1-13-19-9-14(5-6-20(19)29-28-13)16-8-18(11-27-10-16)30-12-17(26)7-15-3-2-4-21-22(15)32-23(24,25)31-21/h2-6,8-11,17H,7,12,26H2,1H3,(H,28,29)/t17-/m0/s1. The molecule has 3 heterocycles. The molecule has 1 aliphatic rings. The van der Waals surface area contributed by atoms with E-state index < -0.39 is 12.3 Å². The van der Waals surface area contributed by atoms with Crippen molar-refractivity contribution in [3.8, 4) is 28.4 Å². The molecule has 9 heteroatoms. The number of fused-ring (bicyclic) bond motifs is 2. The summed E-state index contributed by atoms with van der Waals surface area (Å²) in [4.78, 5) is 4.27. The molecule has 1 aliphatic heterocycles. The molecule has 2 aromatic carbocycles. The van der Waals surface area contributed by atoms with Crippen molar-refractivity contribution in [3.05, 3.63) is 66.1 Å².